The Kier molecular flexibility index (Phi) is 8.69. The van der Waals surface area contributed by atoms with E-state index in [0.717, 1.165) is 6.54 Å². The summed E-state index contributed by atoms with van der Waals surface area (Å²) in [5, 5.41) is 0. The number of piperidine rings is 1. The first-order chi connectivity index (χ1) is 4.70. The largest absolute Gasteiger partial charge is 0.327 e. The summed E-state index contributed by atoms with van der Waals surface area (Å²) < 4.78 is 0. The summed E-state index contributed by atoms with van der Waals surface area (Å²) in [5.41, 5.74) is 5.82. The first kappa shape index (κ1) is 15.0. The average Bonchev–Trinajstić information content (AvgIpc) is 1.88. The zero-order valence-corrected chi connectivity index (χ0v) is 9.46. The fourth-order valence-corrected chi connectivity index (χ4v) is 1.51. The van der Waals surface area contributed by atoms with Crippen molar-refractivity contribution in [2.45, 2.75) is 38.8 Å². The summed E-state index contributed by atoms with van der Waals surface area (Å²) in [6, 6.07) is 1.10. The highest BCUT2D eigenvalue weighted by Gasteiger charge is 2.17. The molecule has 1 fully saturated rings. The first-order valence-electron chi connectivity index (χ1n) is 4.20. The molecule has 1 heterocycles. The molecule has 0 spiro atoms. The lowest BCUT2D eigenvalue weighted by atomic mass is 10.1. The molecular formula is C8H20Cl2N2. The maximum atomic E-state index is 5.82. The molecule has 0 saturated carbocycles. The molecule has 0 amide bonds. The number of hydrogen-bond acceptors (Lipinski definition) is 2. The van der Waals surface area contributed by atoms with Gasteiger partial charge in [-0.05, 0) is 33.2 Å². The van der Waals surface area contributed by atoms with Crippen LogP contribution in [0, 0.1) is 0 Å². The molecule has 12 heavy (non-hydrogen) atoms. The molecule has 0 aromatic heterocycles. The Hall–Kier alpha value is 0.500. The van der Waals surface area contributed by atoms with E-state index < -0.39 is 0 Å². The molecule has 0 bridgehead atoms. The van der Waals surface area contributed by atoms with Crippen LogP contribution >= 0.6 is 24.8 Å². The Labute approximate surface area is 87.7 Å². The Morgan fingerprint density at radius 1 is 1.33 bits per heavy atom. The number of likely N-dealkylation sites (tertiary alicyclic amines) is 1. The average molecular weight is 215 g/mol. The molecule has 4 heteroatoms. The molecule has 76 valence electrons. The van der Waals surface area contributed by atoms with Crippen LogP contribution in [0.1, 0.15) is 26.7 Å². The van der Waals surface area contributed by atoms with Gasteiger partial charge < -0.3 is 5.73 Å². The summed E-state index contributed by atoms with van der Waals surface area (Å²) in [5.74, 6) is 0. The van der Waals surface area contributed by atoms with Crippen LogP contribution in [0.25, 0.3) is 0 Å². The quantitative estimate of drug-likeness (QED) is 0.720. The van der Waals surface area contributed by atoms with Gasteiger partial charge in [0.15, 0.2) is 0 Å². The molecular weight excluding hydrogens is 195 g/mol. The van der Waals surface area contributed by atoms with Crippen molar-refractivity contribution in [1.29, 1.82) is 0 Å². The van der Waals surface area contributed by atoms with Gasteiger partial charge in [-0.15, -0.1) is 24.8 Å². The van der Waals surface area contributed by atoms with Crippen molar-refractivity contribution in [3.05, 3.63) is 0 Å². The summed E-state index contributed by atoms with van der Waals surface area (Å²) >= 11 is 0. The fraction of sp³-hybridized carbons (Fsp3) is 1.00. The van der Waals surface area contributed by atoms with Gasteiger partial charge in [0.05, 0.1) is 0 Å². The minimum absolute atomic E-state index is 0. The summed E-state index contributed by atoms with van der Waals surface area (Å²) in [7, 11) is 0. The van der Waals surface area contributed by atoms with E-state index in [4.69, 9.17) is 5.73 Å². The highest BCUT2D eigenvalue weighted by atomic mass is 35.5. The van der Waals surface area contributed by atoms with Gasteiger partial charge in [0.25, 0.3) is 0 Å². The predicted molar refractivity (Wildman–Crippen MR) is 58.4 cm³/mol. The fourth-order valence-electron chi connectivity index (χ4n) is 1.51. The zero-order valence-electron chi connectivity index (χ0n) is 7.82. The molecule has 1 rings (SSSR count). The van der Waals surface area contributed by atoms with E-state index in [0.29, 0.717) is 12.1 Å². The van der Waals surface area contributed by atoms with E-state index in [1.54, 1.807) is 0 Å². The Balaban J connectivity index is 0. The standard InChI is InChI=1S/C8H18N2.2ClH/c1-7(2)10-5-3-4-8(9)6-10;;/h7-8H,3-6,9H2,1-2H3;2*1H. The second kappa shape index (κ2) is 6.96. The lowest BCUT2D eigenvalue weighted by Crippen LogP contribution is -2.45. The SMILES string of the molecule is CC(C)N1CCCC(N)C1.Cl.Cl. The van der Waals surface area contributed by atoms with Crippen LogP contribution in [0.15, 0.2) is 0 Å². The number of rotatable bonds is 1. The second-order valence-corrected chi connectivity index (χ2v) is 3.49. The van der Waals surface area contributed by atoms with Gasteiger partial charge in [0.2, 0.25) is 0 Å². The number of halogens is 2. The van der Waals surface area contributed by atoms with Gasteiger partial charge in [0.1, 0.15) is 0 Å². The number of hydrogen-bond donors (Lipinski definition) is 1. The van der Waals surface area contributed by atoms with Crippen LogP contribution in [0.2, 0.25) is 0 Å². The van der Waals surface area contributed by atoms with Crippen molar-refractivity contribution < 1.29 is 0 Å². The van der Waals surface area contributed by atoms with Gasteiger partial charge in [-0.1, -0.05) is 0 Å². The Morgan fingerprint density at radius 3 is 2.25 bits per heavy atom. The molecule has 1 unspecified atom stereocenters. The molecule has 0 aromatic rings. The van der Waals surface area contributed by atoms with Crippen molar-refractivity contribution in [1.82, 2.24) is 4.90 Å². The first-order valence-corrected chi connectivity index (χ1v) is 4.20. The van der Waals surface area contributed by atoms with Crippen LogP contribution in [-0.2, 0) is 0 Å². The molecule has 0 aliphatic carbocycles. The highest BCUT2D eigenvalue weighted by molar-refractivity contribution is 5.85. The normalized spacial score (nSPS) is 24.5. The van der Waals surface area contributed by atoms with E-state index in [9.17, 15) is 0 Å². The topological polar surface area (TPSA) is 29.3 Å². The maximum absolute atomic E-state index is 5.82. The monoisotopic (exact) mass is 214 g/mol. The third-order valence-corrected chi connectivity index (χ3v) is 2.22. The lowest BCUT2D eigenvalue weighted by molar-refractivity contribution is 0.169. The minimum Gasteiger partial charge on any atom is -0.327 e. The Morgan fingerprint density at radius 2 is 1.92 bits per heavy atom. The molecule has 1 aliphatic heterocycles. The third kappa shape index (κ3) is 4.51. The van der Waals surface area contributed by atoms with Crippen LogP contribution in [0.5, 0.6) is 0 Å². The molecule has 1 aliphatic rings. The van der Waals surface area contributed by atoms with Crippen LogP contribution in [0.4, 0.5) is 0 Å². The minimum atomic E-state index is 0. The lowest BCUT2D eigenvalue weighted by Gasteiger charge is -2.33. The summed E-state index contributed by atoms with van der Waals surface area (Å²) in [4.78, 5) is 2.45. The van der Waals surface area contributed by atoms with Gasteiger partial charge in [-0.2, -0.15) is 0 Å². The van der Waals surface area contributed by atoms with Crippen LogP contribution in [-0.4, -0.2) is 30.1 Å². The van der Waals surface area contributed by atoms with E-state index >= 15 is 0 Å². The third-order valence-electron chi connectivity index (χ3n) is 2.22. The molecule has 2 nitrogen and oxygen atoms in total. The van der Waals surface area contributed by atoms with E-state index in [-0.39, 0.29) is 24.8 Å². The van der Waals surface area contributed by atoms with Crippen molar-refractivity contribution in [3.8, 4) is 0 Å². The highest BCUT2D eigenvalue weighted by Crippen LogP contribution is 2.10. The van der Waals surface area contributed by atoms with Gasteiger partial charge in [-0.25, -0.2) is 0 Å². The number of nitrogens with two attached hydrogens (primary N) is 1. The molecule has 0 radical (unpaired) electrons. The summed E-state index contributed by atoms with van der Waals surface area (Å²) in [6.45, 7) is 6.80. The van der Waals surface area contributed by atoms with Crippen LogP contribution < -0.4 is 5.73 Å². The molecule has 2 N–H and O–H groups in total. The molecule has 1 atom stereocenters. The molecule has 1 saturated heterocycles. The van der Waals surface area contributed by atoms with E-state index in [1.807, 2.05) is 0 Å². The van der Waals surface area contributed by atoms with Crippen LogP contribution in [0.3, 0.4) is 0 Å². The van der Waals surface area contributed by atoms with Crippen molar-refractivity contribution >= 4 is 24.8 Å². The van der Waals surface area contributed by atoms with Gasteiger partial charge in [-0.3, -0.25) is 4.90 Å². The Bertz CT molecular complexity index is 109. The van der Waals surface area contributed by atoms with Crippen molar-refractivity contribution in [2.75, 3.05) is 13.1 Å². The second-order valence-electron chi connectivity index (χ2n) is 3.49. The maximum Gasteiger partial charge on any atom is 0.0168 e. The number of nitrogens with zero attached hydrogens (tertiary/aromatic N) is 1. The van der Waals surface area contributed by atoms with E-state index in [2.05, 4.69) is 18.7 Å². The summed E-state index contributed by atoms with van der Waals surface area (Å²) in [6.07, 6.45) is 2.49. The van der Waals surface area contributed by atoms with Crippen molar-refractivity contribution in [2.24, 2.45) is 5.73 Å². The van der Waals surface area contributed by atoms with E-state index in [1.165, 1.54) is 19.4 Å². The van der Waals surface area contributed by atoms with Gasteiger partial charge >= 0.3 is 0 Å². The van der Waals surface area contributed by atoms with Gasteiger partial charge in [0, 0.05) is 18.6 Å². The zero-order chi connectivity index (χ0) is 7.56. The predicted octanol–water partition coefficient (Wildman–Crippen LogP) is 1.66. The molecule has 0 aromatic carbocycles. The van der Waals surface area contributed by atoms with Crippen molar-refractivity contribution in [3.63, 3.8) is 0 Å². The smallest absolute Gasteiger partial charge is 0.0168 e.